The van der Waals surface area contributed by atoms with Crippen molar-refractivity contribution in [2.45, 2.75) is 0 Å². The van der Waals surface area contributed by atoms with Crippen LogP contribution in [0.25, 0.3) is 0 Å². The van der Waals surface area contributed by atoms with E-state index in [1.54, 1.807) is 0 Å². The van der Waals surface area contributed by atoms with Crippen LogP contribution in [0.1, 0.15) is 0 Å². The van der Waals surface area contributed by atoms with Gasteiger partial charge in [0.25, 0.3) is 0 Å². The third kappa shape index (κ3) is 2.42. The quantitative estimate of drug-likeness (QED) is 0.811. The van der Waals surface area contributed by atoms with E-state index in [2.05, 4.69) is 15.3 Å². The van der Waals surface area contributed by atoms with E-state index in [-0.39, 0.29) is 16.7 Å². The maximum Gasteiger partial charge on any atom is 0.160 e. The topological polar surface area (TPSA) is 63.8 Å². The lowest BCUT2D eigenvalue weighted by molar-refractivity contribution is 0.509. The summed E-state index contributed by atoms with van der Waals surface area (Å²) in [5, 5.41) is 2.80. The van der Waals surface area contributed by atoms with Crippen molar-refractivity contribution in [2.24, 2.45) is 0 Å². The highest BCUT2D eigenvalue weighted by molar-refractivity contribution is 6.32. The Morgan fingerprint density at radius 1 is 1.18 bits per heavy atom. The van der Waals surface area contributed by atoms with Gasteiger partial charge in [0.15, 0.2) is 22.6 Å². The van der Waals surface area contributed by atoms with E-state index in [1.165, 1.54) is 12.4 Å². The minimum Gasteiger partial charge on any atom is -0.393 e. The Hall–Kier alpha value is -1.95. The van der Waals surface area contributed by atoms with Crippen LogP contribution in [0, 0.1) is 11.6 Å². The number of nitrogen functional groups attached to an aromatic ring is 1. The molecule has 0 amide bonds. The van der Waals surface area contributed by atoms with Crippen LogP contribution < -0.4 is 11.1 Å². The molecule has 0 aliphatic heterocycles. The average Bonchev–Trinajstić information content (AvgIpc) is 2.30. The van der Waals surface area contributed by atoms with Gasteiger partial charge in [0.05, 0.1) is 0 Å². The molecule has 0 saturated carbocycles. The van der Waals surface area contributed by atoms with Crippen molar-refractivity contribution >= 4 is 28.8 Å². The first-order valence-electron chi connectivity index (χ1n) is 4.56. The number of nitrogens with two attached hydrogens (primary N) is 1. The summed E-state index contributed by atoms with van der Waals surface area (Å²) < 4.78 is 25.7. The van der Waals surface area contributed by atoms with E-state index < -0.39 is 11.6 Å². The summed E-state index contributed by atoms with van der Waals surface area (Å²) in [6.07, 6.45) is 1.21. The molecular weight excluding hydrogens is 250 g/mol. The van der Waals surface area contributed by atoms with Crippen molar-refractivity contribution in [2.75, 3.05) is 11.1 Å². The number of nitrogens with zero attached hydrogens (tertiary/aromatic N) is 2. The van der Waals surface area contributed by atoms with E-state index in [1.807, 2.05) is 0 Å². The molecule has 4 nitrogen and oxygen atoms in total. The highest BCUT2D eigenvalue weighted by Gasteiger charge is 2.08. The van der Waals surface area contributed by atoms with Gasteiger partial charge in [-0.15, -0.1) is 0 Å². The summed E-state index contributed by atoms with van der Waals surface area (Å²) in [7, 11) is 0. The molecule has 0 spiro atoms. The second kappa shape index (κ2) is 4.50. The molecule has 2 rings (SSSR count). The lowest BCUT2D eigenvalue weighted by Crippen LogP contribution is -2.01. The van der Waals surface area contributed by atoms with Crippen molar-refractivity contribution in [1.29, 1.82) is 0 Å². The third-order valence-electron chi connectivity index (χ3n) is 2.02. The Morgan fingerprint density at radius 3 is 2.65 bits per heavy atom. The third-order valence-corrected chi connectivity index (χ3v) is 2.32. The highest BCUT2D eigenvalue weighted by Crippen LogP contribution is 2.25. The molecule has 17 heavy (non-hydrogen) atoms. The van der Waals surface area contributed by atoms with Crippen molar-refractivity contribution in [1.82, 2.24) is 9.97 Å². The number of hydrogen-bond acceptors (Lipinski definition) is 4. The number of halogens is 3. The zero-order chi connectivity index (χ0) is 12.4. The first-order chi connectivity index (χ1) is 8.08. The zero-order valence-corrected chi connectivity index (χ0v) is 9.17. The Morgan fingerprint density at radius 2 is 1.94 bits per heavy atom. The molecule has 3 N–H and O–H groups in total. The molecule has 0 bridgehead atoms. The molecule has 1 heterocycles. The highest BCUT2D eigenvalue weighted by atomic mass is 35.5. The lowest BCUT2D eigenvalue weighted by atomic mass is 10.3. The van der Waals surface area contributed by atoms with Crippen LogP contribution in [-0.4, -0.2) is 9.97 Å². The van der Waals surface area contributed by atoms with Gasteiger partial charge in [-0.05, 0) is 12.1 Å². The monoisotopic (exact) mass is 256 g/mol. The van der Waals surface area contributed by atoms with Crippen LogP contribution in [0.15, 0.2) is 24.5 Å². The number of benzene rings is 1. The Balaban J connectivity index is 2.31. The average molecular weight is 257 g/mol. The van der Waals surface area contributed by atoms with Gasteiger partial charge in [-0.25, -0.2) is 18.7 Å². The fourth-order valence-corrected chi connectivity index (χ4v) is 1.32. The number of nitrogens with one attached hydrogen (secondary N) is 1. The van der Waals surface area contributed by atoms with Gasteiger partial charge in [0.1, 0.15) is 12.0 Å². The van der Waals surface area contributed by atoms with Gasteiger partial charge in [-0.2, -0.15) is 0 Å². The summed E-state index contributed by atoms with van der Waals surface area (Å²) in [4.78, 5) is 7.51. The first-order valence-corrected chi connectivity index (χ1v) is 4.94. The molecule has 0 aliphatic rings. The van der Waals surface area contributed by atoms with Gasteiger partial charge in [-0.1, -0.05) is 11.6 Å². The first kappa shape index (κ1) is 11.5. The molecular formula is C10H7ClF2N4. The van der Waals surface area contributed by atoms with Crippen molar-refractivity contribution in [3.8, 4) is 0 Å². The number of rotatable bonds is 2. The Kier molecular flexibility index (Phi) is 3.06. The molecule has 0 saturated heterocycles. The van der Waals surface area contributed by atoms with E-state index in [4.69, 9.17) is 17.3 Å². The summed E-state index contributed by atoms with van der Waals surface area (Å²) in [5.41, 5.74) is 6.06. The molecule has 2 aromatic rings. The number of aromatic nitrogens is 2. The maximum absolute atomic E-state index is 13.0. The number of anilines is 3. The van der Waals surface area contributed by atoms with Crippen molar-refractivity contribution in [3.05, 3.63) is 41.3 Å². The van der Waals surface area contributed by atoms with Gasteiger partial charge in [0, 0.05) is 11.8 Å². The largest absolute Gasteiger partial charge is 0.393 e. The second-order valence-corrected chi connectivity index (χ2v) is 3.54. The molecule has 0 aliphatic carbocycles. The summed E-state index contributed by atoms with van der Waals surface area (Å²) in [5.74, 6) is -1.66. The maximum atomic E-state index is 13.0. The molecule has 0 fully saturated rings. The van der Waals surface area contributed by atoms with Gasteiger partial charge in [-0.3, -0.25) is 0 Å². The Labute approximate surface area is 100 Å². The van der Waals surface area contributed by atoms with E-state index >= 15 is 0 Å². The number of hydrogen-bond donors (Lipinski definition) is 2. The summed E-state index contributed by atoms with van der Waals surface area (Å²) >= 11 is 5.69. The predicted octanol–water partition coefficient (Wildman–Crippen LogP) is 2.73. The fraction of sp³-hybridized carbons (Fsp3) is 0. The Bertz CT molecular complexity index is 562. The molecule has 1 aromatic heterocycles. The minimum absolute atomic E-state index is 0.0880. The summed E-state index contributed by atoms with van der Waals surface area (Å²) in [6, 6.07) is 3.34. The zero-order valence-electron chi connectivity index (χ0n) is 8.42. The predicted molar refractivity (Wildman–Crippen MR) is 61.1 cm³/mol. The standard InChI is InChI=1S/C10H7ClF2N4/c11-9-8(14)10(16-4-15-9)17-5-1-2-6(12)7(13)3-5/h1-4H,14H2,(H,15,16,17). The minimum atomic E-state index is -0.964. The smallest absolute Gasteiger partial charge is 0.160 e. The van der Waals surface area contributed by atoms with E-state index in [0.29, 0.717) is 5.69 Å². The second-order valence-electron chi connectivity index (χ2n) is 3.18. The fourth-order valence-electron chi connectivity index (χ4n) is 1.18. The van der Waals surface area contributed by atoms with Crippen LogP contribution in [0.4, 0.5) is 26.0 Å². The van der Waals surface area contributed by atoms with E-state index in [9.17, 15) is 8.78 Å². The lowest BCUT2D eigenvalue weighted by Gasteiger charge is -2.08. The van der Waals surface area contributed by atoms with Crippen LogP contribution in [-0.2, 0) is 0 Å². The molecule has 88 valence electrons. The SMILES string of the molecule is Nc1c(Cl)ncnc1Nc1ccc(F)c(F)c1. The molecule has 0 atom stereocenters. The van der Waals surface area contributed by atoms with Gasteiger partial charge in [0.2, 0.25) is 0 Å². The van der Waals surface area contributed by atoms with Crippen LogP contribution >= 0.6 is 11.6 Å². The summed E-state index contributed by atoms with van der Waals surface area (Å²) in [6.45, 7) is 0. The van der Waals surface area contributed by atoms with Crippen molar-refractivity contribution < 1.29 is 8.78 Å². The molecule has 7 heteroatoms. The van der Waals surface area contributed by atoms with Gasteiger partial charge < -0.3 is 11.1 Å². The molecule has 0 unspecified atom stereocenters. The van der Waals surface area contributed by atoms with Crippen LogP contribution in [0.2, 0.25) is 5.15 Å². The van der Waals surface area contributed by atoms with Gasteiger partial charge >= 0.3 is 0 Å². The molecule has 0 radical (unpaired) electrons. The normalized spacial score (nSPS) is 10.3. The van der Waals surface area contributed by atoms with Crippen LogP contribution in [0.5, 0.6) is 0 Å². The van der Waals surface area contributed by atoms with E-state index in [0.717, 1.165) is 12.1 Å². The molecule has 1 aromatic carbocycles. The van der Waals surface area contributed by atoms with Crippen molar-refractivity contribution in [3.63, 3.8) is 0 Å². The van der Waals surface area contributed by atoms with Crippen LogP contribution in [0.3, 0.4) is 0 Å².